The lowest BCUT2D eigenvalue weighted by Gasteiger charge is -2.36. The minimum atomic E-state index is 0.137. The van der Waals surface area contributed by atoms with Crippen LogP contribution in [-0.4, -0.2) is 54.6 Å². The van der Waals surface area contributed by atoms with Gasteiger partial charge in [-0.25, -0.2) is 4.79 Å². The predicted octanol–water partition coefficient (Wildman–Crippen LogP) is 2.11. The van der Waals surface area contributed by atoms with Gasteiger partial charge in [0.05, 0.1) is 0 Å². The maximum Gasteiger partial charge on any atom is 0.317 e. The van der Waals surface area contributed by atoms with Crippen molar-refractivity contribution in [1.29, 1.82) is 0 Å². The summed E-state index contributed by atoms with van der Waals surface area (Å²) in [6, 6.07) is 11.3. The molecular weight excluding hydrogens is 262 g/mol. The topological polar surface area (TPSA) is 35.6 Å². The molecule has 0 atom stereocenters. The van der Waals surface area contributed by atoms with Crippen molar-refractivity contribution in [3.8, 4) is 0 Å². The van der Waals surface area contributed by atoms with Gasteiger partial charge in [-0.1, -0.05) is 30.3 Å². The lowest BCUT2D eigenvalue weighted by Crippen LogP contribution is -2.46. The average molecular weight is 287 g/mol. The van der Waals surface area contributed by atoms with Crippen molar-refractivity contribution in [2.75, 3.05) is 32.7 Å². The molecule has 2 amide bonds. The third-order valence-electron chi connectivity index (χ3n) is 4.67. The van der Waals surface area contributed by atoms with Crippen molar-refractivity contribution in [2.45, 2.75) is 31.7 Å². The zero-order chi connectivity index (χ0) is 14.5. The van der Waals surface area contributed by atoms with Crippen molar-refractivity contribution in [3.05, 3.63) is 35.9 Å². The van der Waals surface area contributed by atoms with Gasteiger partial charge >= 0.3 is 6.03 Å². The van der Waals surface area contributed by atoms with Crippen molar-refractivity contribution < 1.29 is 4.79 Å². The van der Waals surface area contributed by atoms with Gasteiger partial charge in [0.1, 0.15) is 0 Å². The summed E-state index contributed by atoms with van der Waals surface area (Å²) >= 11 is 0. The van der Waals surface area contributed by atoms with Gasteiger partial charge in [0, 0.05) is 32.2 Å². The highest BCUT2D eigenvalue weighted by molar-refractivity contribution is 5.76. The first kappa shape index (κ1) is 14.4. The fourth-order valence-electron chi connectivity index (χ4n) is 3.44. The summed E-state index contributed by atoms with van der Waals surface area (Å²) in [4.78, 5) is 16.3. The number of likely N-dealkylation sites (tertiary alicyclic amines) is 1. The highest BCUT2D eigenvalue weighted by atomic mass is 16.2. The number of carbonyl (C=O) groups excluding carboxylic acids is 1. The summed E-state index contributed by atoms with van der Waals surface area (Å²) in [6.07, 6.45) is 4.63. The summed E-state index contributed by atoms with van der Waals surface area (Å²) < 4.78 is 0. The first-order chi connectivity index (χ1) is 10.3. The number of urea groups is 1. The number of rotatable bonds is 5. The molecule has 4 heteroatoms. The molecular formula is C17H25N3O. The molecule has 1 aromatic carbocycles. The largest absolute Gasteiger partial charge is 0.336 e. The molecule has 114 valence electrons. The smallest absolute Gasteiger partial charge is 0.317 e. The van der Waals surface area contributed by atoms with Gasteiger partial charge in [0.25, 0.3) is 0 Å². The molecule has 1 aromatic rings. The zero-order valence-corrected chi connectivity index (χ0v) is 12.6. The number of piperidine rings is 1. The Hall–Kier alpha value is -1.55. The van der Waals surface area contributed by atoms with Crippen molar-refractivity contribution >= 4 is 6.03 Å². The van der Waals surface area contributed by atoms with E-state index in [-0.39, 0.29) is 6.03 Å². The van der Waals surface area contributed by atoms with Crippen LogP contribution in [-0.2, 0) is 6.42 Å². The van der Waals surface area contributed by atoms with Crippen LogP contribution in [0.1, 0.15) is 24.8 Å². The van der Waals surface area contributed by atoms with Crippen LogP contribution in [0.5, 0.6) is 0 Å². The number of amides is 2. The van der Waals surface area contributed by atoms with E-state index in [1.165, 1.54) is 18.5 Å². The molecule has 0 radical (unpaired) electrons. The molecule has 0 saturated carbocycles. The van der Waals surface area contributed by atoms with Gasteiger partial charge in [0.2, 0.25) is 0 Å². The minimum Gasteiger partial charge on any atom is -0.336 e. The van der Waals surface area contributed by atoms with Crippen molar-refractivity contribution in [3.63, 3.8) is 0 Å². The molecule has 0 aliphatic carbocycles. The lowest BCUT2D eigenvalue weighted by atomic mass is 10.0. The number of nitrogens with one attached hydrogen (secondary N) is 1. The Balaban J connectivity index is 1.37. The second-order valence-electron chi connectivity index (χ2n) is 6.09. The van der Waals surface area contributed by atoms with Crippen LogP contribution in [0.3, 0.4) is 0 Å². The van der Waals surface area contributed by atoms with Crippen LogP contribution in [0, 0.1) is 0 Å². The highest BCUT2D eigenvalue weighted by Crippen LogP contribution is 2.18. The molecule has 0 bridgehead atoms. The van der Waals surface area contributed by atoms with Gasteiger partial charge in [0.15, 0.2) is 0 Å². The Bertz CT molecular complexity index is 454. The average Bonchev–Trinajstić information content (AvgIpc) is 2.95. The summed E-state index contributed by atoms with van der Waals surface area (Å²) in [5, 5.41) is 2.90. The number of benzene rings is 1. The molecule has 0 spiro atoms. The first-order valence-electron chi connectivity index (χ1n) is 8.14. The van der Waals surface area contributed by atoms with Crippen molar-refractivity contribution in [2.24, 2.45) is 0 Å². The quantitative estimate of drug-likeness (QED) is 0.900. The van der Waals surface area contributed by atoms with Crippen LogP contribution in [0.4, 0.5) is 4.79 Å². The maximum absolute atomic E-state index is 11.7. The zero-order valence-electron chi connectivity index (χ0n) is 12.6. The molecule has 2 fully saturated rings. The third-order valence-corrected chi connectivity index (χ3v) is 4.67. The van der Waals surface area contributed by atoms with Gasteiger partial charge < -0.3 is 15.1 Å². The number of aryl methyl sites for hydroxylation is 1. The Morgan fingerprint density at radius 2 is 1.86 bits per heavy atom. The molecule has 21 heavy (non-hydrogen) atoms. The molecule has 3 rings (SSSR count). The minimum absolute atomic E-state index is 0.137. The van der Waals surface area contributed by atoms with E-state index in [4.69, 9.17) is 0 Å². The monoisotopic (exact) mass is 287 g/mol. The van der Waals surface area contributed by atoms with Gasteiger partial charge in [-0.15, -0.1) is 0 Å². The van der Waals surface area contributed by atoms with Crippen LogP contribution >= 0.6 is 0 Å². The van der Waals surface area contributed by atoms with Crippen LogP contribution in [0.25, 0.3) is 0 Å². The summed E-state index contributed by atoms with van der Waals surface area (Å²) in [6.45, 7) is 5.13. The molecule has 0 aromatic heterocycles. The second kappa shape index (κ2) is 6.94. The SMILES string of the molecule is O=C1NCCN1C1CCN(CCCc2ccccc2)CC1. The van der Waals surface area contributed by atoms with E-state index in [1.54, 1.807) is 0 Å². The van der Waals surface area contributed by atoms with E-state index in [2.05, 4.69) is 40.5 Å². The Morgan fingerprint density at radius 1 is 1.10 bits per heavy atom. The van der Waals surface area contributed by atoms with E-state index in [0.29, 0.717) is 6.04 Å². The van der Waals surface area contributed by atoms with E-state index < -0.39 is 0 Å². The van der Waals surface area contributed by atoms with Gasteiger partial charge in [-0.05, 0) is 37.8 Å². The van der Waals surface area contributed by atoms with Gasteiger partial charge in [-0.3, -0.25) is 0 Å². The highest BCUT2D eigenvalue weighted by Gasteiger charge is 2.30. The molecule has 2 aliphatic heterocycles. The summed E-state index contributed by atoms with van der Waals surface area (Å²) in [5.41, 5.74) is 1.43. The van der Waals surface area contributed by atoms with E-state index >= 15 is 0 Å². The maximum atomic E-state index is 11.7. The first-order valence-corrected chi connectivity index (χ1v) is 8.14. The molecule has 2 saturated heterocycles. The fourth-order valence-corrected chi connectivity index (χ4v) is 3.44. The van der Waals surface area contributed by atoms with Crippen LogP contribution in [0.2, 0.25) is 0 Å². The van der Waals surface area contributed by atoms with E-state index in [0.717, 1.165) is 45.4 Å². The van der Waals surface area contributed by atoms with E-state index in [1.807, 2.05) is 4.90 Å². The standard InChI is InChI=1S/C17H25N3O/c21-17-18-10-14-20(17)16-8-12-19(13-9-16)11-4-7-15-5-2-1-3-6-15/h1-3,5-6,16H,4,7-14H2,(H,18,21). The fraction of sp³-hybridized carbons (Fsp3) is 0.588. The summed E-state index contributed by atoms with van der Waals surface area (Å²) in [7, 11) is 0. The molecule has 1 N–H and O–H groups in total. The Kier molecular flexibility index (Phi) is 4.76. The number of hydrogen-bond acceptors (Lipinski definition) is 2. The second-order valence-corrected chi connectivity index (χ2v) is 6.09. The van der Waals surface area contributed by atoms with Crippen molar-refractivity contribution in [1.82, 2.24) is 15.1 Å². The molecule has 2 aliphatic rings. The van der Waals surface area contributed by atoms with Gasteiger partial charge in [-0.2, -0.15) is 0 Å². The summed E-state index contributed by atoms with van der Waals surface area (Å²) in [5.74, 6) is 0. The Labute approximate surface area is 127 Å². The predicted molar refractivity (Wildman–Crippen MR) is 84.3 cm³/mol. The third kappa shape index (κ3) is 3.76. The Morgan fingerprint density at radius 3 is 2.52 bits per heavy atom. The van der Waals surface area contributed by atoms with E-state index in [9.17, 15) is 4.79 Å². The molecule has 4 nitrogen and oxygen atoms in total. The normalized spacial score (nSPS) is 20.8. The number of nitrogens with zero attached hydrogens (tertiary/aromatic N) is 2. The van der Waals surface area contributed by atoms with Crippen LogP contribution < -0.4 is 5.32 Å². The molecule has 0 unspecified atom stereocenters. The lowest BCUT2D eigenvalue weighted by molar-refractivity contribution is 0.135. The number of carbonyl (C=O) groups is 1. The molecule has 2 heterocycles. The van der Waals surface area contributed by atoms with Crippen LogP contribution in [0.15, 0.2) is 30.3 Å². The number of hydrogen-bond donors (Lipinski definition) is 1.